The van der Waals surface area contributed by atoms with Gasteiger partial charge in [0.2, 0.25) is 5.91 Å². The van der Waals surface area contributed by atoms with E-state index in [9.17, 15) is 4.79 Å². The van der Waals surface area contributed by atoms with Crippen LogP contribution in [-0.4, -0.2) is 47.9 Å². The molecule has 5 aromatic rings. The number of aromatic nitrogens is 5. The molecule has 0 radical (unpaired) electrons. The van der Waals surface area contributed by atoms with Gasteiger partial charge in [0.05, 0.1) is 28.9 Å². The van der Waals surface area contributed by atoms with E-state index in [2.05, 4.69) is 38.7 Å². The lowest BCUT2D eigenvalue weighted by Crippen LogP contribution is -2.42. The molecular formula is C32H29N7O2. The smallest absolute Gasteiger partial charge is 0.246 e. The Kier molecular flexibility index (Phi) is 7.04. The Hall–Kier alpha value is -5.23. The van der Waals surface area contributed by atoms with E-state index >= 15 is 0 Å². The molecule has 1 saturated heterocycles. The summed E-state index contributed by atoms with van der Waals surface area (Å²) in [6.07, 6.45) is 7.51. The van der Waals surface area contributed by atoms with Gasteiger partial charge in [0.15, 0.2) is 5.82 Å². The van der Waals surface area contributed by atoms with Crippen molar-refractivity contribution in [1.82, 2.24) is 29.4 Å². The number of rotatable bonds is 5. The summed E-state index contributed by atoms with van der Waals surface area (Å²) in [5.41, 5.74) is 5.65. The van der Waals surface area contributed by atoms with Crippen molar-refractivity contribution < 1.29 is 9.53 Å². The number of carbonyl (C=O) groups excluding carboxylic acids is 1. The quantitative estimate of drug-likeness (QED) is 0.225. The third kappa shape index (κ3) is 5.45. The first-order valence-electron chi connectivity index (χ1n) is 13.5. The van der Waals surface area contributed by atoms with E-state index in [1.165, 1.54) is 12.4 Å². The van der Waals surface area contributed by atoms with Crippen molar-refractivity contribution in [1.29, 1.82) is 0 Å². The maximum atomic E-state index is 12.3. The fourth-order valence-electron chi connectivity index (χ4n) is 5.01. The number of benzene rings is 2. The van der Waals surface area contributed by atoms with E-state index in [-0.39, 0.29) is 11.9 Å². The monoisotopic (exact) mass is 543 g/mol. The van der Waals surface area contributed by atoms with E-state index in [0.717, 1.165) is 53.0 Å². The molecule has 3 aromatic heterocycles. The van der Waals surface area contributed by atoms with Gasteiger partial charge in [-0.1, -0.05) is 12.5 Å². The second kappa shape index (κ2) is 11.1. The minimum absolute atomic E-state index is 0.0867. The molecule has 1 aliphatic heterocycles. The molecule has 0 aliphatic carbocycles. The van der Waals surface area contributed by atoms with Crippen LogP contribution in [-0.2, 0) is 11.8 Å². The van der Waals surface area contributed by atoms with Crippen molar-refractivity contribution in [2.24, 2.45) is 7.05 Å². The number of imidazole rings is 1. The molecule has 9 nitrogen and oxygen atoms in total. The summed E-state index contributed by atoms with van der Waals surface area (Å²) in [5.74, 6) is 8.38. The van der Waals surface area contributed by atoms with Crippen LogP contribution in [0.1, 0.15) is 30.5 Å². The summed E-state index contributed by atoms with van der Waals surface area (Å²) >= 11 is 0. The van der Waals surface area contributed by atoms with Gasteiger partial charge in [-0.3, -0.25) is 4.79 Å². The summed E-state index contributed by atoms with van der Waals surface area (Å²) < 4.78 is 8.14. The summed E-state index contributed by atoms with van der Waals surface area (Å²) in [6.45, 7) is 6.31. The Morgan fingerprint density at radius 2 is 2.00 bits per heavy atom. The number of anilines is 2. The number of carbonyl (C=O) groups is 1. The highest BCUT2D eigenvalue weighted by atomic mass is 16.5. The summed E-state index contributed by atoms with van der Waals surface area (Å²) in [5, 5.41) is 3.37. The largest absolute Gasteiger partial charge is 0.457 e. The molecule has 2 aromatic carbocycles. The van der Waals surface area contributed by atoms with Crippen molar-refractivity contribution >= 4 is 39.5 Å². The first-order chi connectivity index (χ1) is 20.0. The minimum atomic E-state index is -0.147. The van der Waals surface area contributed by atoms with Gasteiger partial charge in [-0.25, -0.2) is 19.9 Å². The number of hydrogen-bond acceptors (Lipinski definition) is 7. The molecule has 0 unspecified atom stereocenters. The van der Waals surface area contributed by atoms with Crippen molar-refractivity contribution in [3.05, 3.63) is 85.1 Å². The Bertz CT molecular complexity index is 1850. The fourth-order valence-corrected chi connectivity index (χ4v) is 5.01. The number of likely N-dealkylation sites (tertiary alicyclic amines) is 1. The van der Waals surface area contributed by atoms with Crippen LogP contribution >= 0.6 is 0 Å². The van der Waals surface area contributed by atoms with Crippen LogP contribution in [0.15, 0.2) is 73.8 Å². The standard InChI is InChI=1S/C32H29N7O2/c1-4-30(40)39-16-6-5-7-24(39)11-8-22-9-13-26-31(36-22)32(34-19-33-26)37-23-10-15-29(21(2)17-23)41-25-12-14-28-27(18-25)35-20-38(28)3/h4,9-10,12-15,17-20,24H,1,5-7,16H2,2-3H3,(H,33,34,37)/t24-/m0/s1. The molecule has 9 heteroatoms. The number of ether oxygens (including phenoxy) is 1. The number of fused-ring (bicyclic) bond motifs is 2. The Morgan fingerprint density at radius 1 is 1.10 bits per heavy atom. The maximum Gasteiger partial charge on any atom is 0.246 e. The number of nitrogens with zero attached hydrogens (tertiary/aromatic N) is 6. The van der Waals surface area contributed by atoms with Crippen molar-refractivity contribution in [2.45, 2.75) is 32.2 Å². The number of piperidine rings is 1. The molecule has 0 spiro atoms. The number of pyridine rings is 1. The zero-order valence-electron chi connectivity index (χ0n) is 23.0. The molecule has 41 heavy (non-hydrogen) atoms. The predicted octanol–water partition coefficient (Wildman–Crippen LogP) is 5.67. The van der Waals surface area contributed by atoms with Gasteiger partial charge < -0.3 is 19.5 Å². The van der Waals surface area contributed by atoms with Crippen LogP contribution in [0.3, 0.4) is 0 Å². The molecule has 1 atom stereocenters. The van der Waals surface area contributed by atoms with Crippen molar-refractivity contribution in [3.8, 4) is 23.3 Å². The number of hydrogen-bond donors (Lipinski definition) is 1. The van der Waals surface area contributed by atoms with E-state index in [1.807, 2.05) is 67.1 Å². The number of amides is 1. The van der Waals surface area contributed by atoms with Crippen molar-refractivity contribution in [2.75, 3.05) is 11.9 Å². The van der Waals surface area contributed by atoms with E-state index < -0.39 is 0 Å². The van der Waals surface area contributed by atoms with E-state index in [1.54, 1.807) is 11.2 Å². The average molecular weight is 544 g/mol. The van der Waals surface area contributed by atoms with Gasteiger partial charge in [-0.15, -0.1) is 0 Å². The predicted molar refractivity (Wildman–Crippen MR) is 159 cm³/mol. The normalized spacial score (nSPS) is 14.9. The zero-order valence-corrected chi connectivity index (χ0v) is 23.0. The molecule has 204 valence electrons. The SMILES string of the molecule is C=CC(=O)N1CCCC[C@H]1C#Cc1ccc2ncnc(Nc3ccc(Oc4ccc5c(c4)ncn5C)c(C)c3)c2n1. The Labute approximate surface area is 237 Å². The van der Waals surface area contributed by atoms with Crippen molar-refractivity contribution in [3.63, 3.8) is 0 Å². The summed E-state index contributed by atoms with van der Waals surface area (Å²) in [7, 11) is 1.97. The average Bonchev–Trinajstić information content (AvgIpc) is 3.37. The third-order valence-corrected chi connectivity index (χ3v) is 7.17. The topological polar surface area (TPSA) is 98.1 Å². The third-order valence-electron chi connectivity index (χ3n) is 7.17. The highest BCUT2D eigenvalue weighted by molar-refractivity contribution is 5.88. The number of aryl methyl sites for hydroxylation is 2. The lowest BCUT2D eigenvalue weighted by molar-refractivity contribution is -0.128. The van der Waals surface area contributed by atoms with Crippen LogP contribution in [0.5, 0.6) is 11.5 Å². The van der Waals surface area contributed by atoms with Crippen LogP contribution in [0.2, 0.25) is 0 Å². The van der Waals surface area contributed by atoms with Crippen LogP contribution in [0.4, 0.5) is 11.5 Å². The van der Waals surface area contributed by atoms with E-state index in [4.69, 9.17) is 9.72 Å². The first-order valence-corrected chi connectivity index (χ1v) is 13.5. The Balaban J connectivity index is 1.22. The molecule has 1 fully saturated rings. The molecule has 1 N–H and O–H groups in total. The second-order valence-corrected chi connectivity index (χ2v) is 10.0. The van der Waals surface area contributed by atoms with Crippen LogP contribution in [0, 0.1) is 18.8 Å². The molecule has 1 amide bonds. The first kappa shape index (κ1) is 26.0. The van der Waals surface area contributed by atoms with Crippen LogP contribution < -0.4 is 10.1 Å². The lowest BCUT2D eigenvalue weighted by atomic mass is 10.0. The fraction of sp³-hybridized carbons (Fsp3) is 0.219. The molecule has 0 saturated carbocycles. The summed E-state index contributed by atoms with van der Waals surface area (Å²) in [4.78, 5) is 32.0. The van der Waals surface area contributed by atoms with Gasteiger partial charge in [-0.05, 0) is 86.2 Å². The maximum absolute atomic E-state index is 12.3. The van der Waals surface area contributed by atoms with Gasteiger partial charge >= 0.3 is 0 Å². The minimum Gasteiger partial charge on any atom is -0.457 e. The van der Waals surface area contributed by atoms with E-state index in [0.29, 0.717) is 29.1 Å². The summed E-state index contributed by atoms with van der Waals surface area (Å²) in [6, 6.07) is 15.3. The lowest BCUT2D eigenvalue weighted by Gasteiger charge is -2.31. The molecule has 6 rings (SSSR count). The second-order valence-electron chi connectivity index (χ2n) is 10.0. The highest BCUT2D eigenvalue weighted by Gasteiger charge is 2.23. The highest BCUT2D eigenvalue weighted by Crippen LogP contribution is 2.31. The van der Waals surface area contributed by atoms with Gasteiger partial charge in [0, 0.05) is 25.3 Å². The van der Waals surface area contributed by atoms with Crippen LogP contribution in [0.25, 0.3) is 22.1 Å². The molecular weight excluding hydrogens is 514 g/mol. The van der Waals surface area contributed by atoms with Gasteiger partial charge in [-0.2, -0.15) is 0 Å². The molecule has 0 bridgehead atoms. The van der Waals surface area contributed by atoms with Gasteiger partial charge in [0.25, 0.3) is 0 Å². The number of nitrogens with one attached hydrogen (secondary N) is 1. The van der Waals surface area contributed by atoms with Gasteiger partial charge in [0.1, 0.15) is 29.0 Å². The molecule has 1 aliphatic rings. The Morgan fingerprint density at radius 3 is 2.85 bits per heavy atom. The zero-order chi connectivity index (χ0) is 28.3. The molecule has 4 heterocycles.